The third-order valence-electron chi connectivity index (χ3n) is 1.74. The summed E-state index contributed by atoms with van der Waals surface area (Å²) in [4.78, 5) is 14.5. The molecule has 0 saturated carbocycles. The van der Waals surface area contributed by atoms with Gasteiger partial charge >= 0.3 is 5.97 Å². The van der Waals surface area contributed by atoms with E-state index in [0.29, 0.717) is 11.3 Å². The first kappa shape index (κ1) is 9.51. The van der Waals surface area contributed by atoms with E-state index in [1.54, 1.807) is 19.2 Å². The van der Waals surface area contributed by atoms with Crippen molar-refractivity contribution in [1.29, 1.82) is 0 Å². The molecule has 13 heavy (non-hydrogen) atoms. The number of aryl methyl sites for hydroxylation is 1. The summed E-state index contributed by atoms with van der Waals surface area (Å²) in [5.41, 5.74) is 1.41. The van der Waals surface area contributed by atoms with Crippen molar-refractivity contribution in [2.75, 3.05) is 7.11 Å². The van der Waals surface area contributed by atoms with E-state index in [1.807, 2.05) is 0 Å². The summed E-state index contributed by atoms with van der Waals surface area (Å²) in [6, 6.07) is 1.69. The number of ether oxygens (including phenoxy) is 1. The number of carboxylic acids is 1. The predicted molar refractivity (Wildman–Crippen MR) is 46.9 cm³/mol. The molecule has 4 heteroatoms. The number of hydrogen-bond donors (Lipinski definition) is 1. The van der Waals surface area contributed by atoms with E-state index in [4.69, 9.17) is 9.84 Å². The molecule has 1 rings (SSSR count). The van der Waals surface area contributed by atoms with Gasteiger partial charge in [-0.15, -0.1) is 0 Å². The standard InChI is InChI=1S/C9H11NO3/c1-6-7(4-9(11)12)3-8(13-2)5-10-6/h3,5H,4H2,1-2H3,(H,11,12). The molecular weight excluding hydrogens is 170 g/mol. The molecule has 0 aromatic carbocycles. The maximum absolute atomic E-state index is 10.5. The topological polar surface area (TPSA) is 59.4 Å². The van der Waals surface area contributed by atoms with Crippen molar-refractivity contribution in [3.63, 3.8) is 0 Å². The maximum atomic E-state index is 10.5. The number of carbonyl (C=O) groups is 1. The number of pyridine rings is 1. The Balaban J connectivity index is 2.96. The van der Waals surface area contributed by atoms with Crippen LogP contribution in [0.2, 0.25) is 0 Å². The molecule has 0 aliphatic rings. The van der Waals surface area contributed by atoms with Crippen molar-refractivity contribution in [3.05, 3.63) is 23.5 Å². The summed E-state index contributed by atoms with van der Waals surface area (Å²) in [5.74, 6) is -0.278. The van der Waals surface area contributed by atoms with Gasteiger partial charge in [0.2, 0.25) is 0 Å². The van der Waals surface area contributed by atoms with Crippen LogP contribution in [0.25, 0.3) is 0 Å². The molecule has 0 amide bonds. The quantitative estimate of drug-likeness (QED) is 0.756. The Morgan fingerprint density at radius 1 is 1.69 bits per heavy atom. The van der Waals surface area contributed by atoms with E-state index in [-0.39, 0.29) is 6.42 Å². The molecule has 0 aliphatic heterocycles. The van der Waals surface area contributed by atoms with Crippen molar-refractivity contribution >= 4 is 5.97 Å². The Kier molecular flexibility index (Phi) is 2.84. The molecule has 0 atom stereocenters. The first-order valence-electron chi connectivity index (χ1n) is 3.85. The third-order valence-corrected chi connectivity index (χ3v) is 1.74. The van der Waals surface area contributed by atoms with Crippen LogP contribution in [-0.2, 0) is 11.2 Å². The number of rotatable bonds is 3. The highest BCUT2D eigenvalue weighted by molar-refractivity contribution is 5.70. The molecule has 1 aromatic rings. The monoisotopic (exact) mass is 181 g/mol. The molecule has 0 unspecified atom stereocenters. The minimum atomic E-state index is -0.863. The van der Waals surface area contributed by atoms with E-state index < -0.39 is 5.97 Å². The number of hydrogen-bond acceptors (Lipinski definition) is 3. The van der Waals surface area contributed by atoms with E-state index in [2.05, 4.69) is 4.98 Å². The molecular formula is C9H11NO3. The van der Waals surface area contributed by atoms with E-state index in [0.717, 1.165) is 5.69 Å². The second-order valence-corrected chi connectivity index (χ2v) is 2.69. The largest absolute Gasteiger partial charge is 0.495 e. The van der Waals surface area contributed by atoms with Crippen LogP contribution in [0.1, 0.15) is 11.3 Å². The van der Waals surface area contributed by atoms with Crippen LogP contribution in [0.5, 0.6) is 5.75 Å². The minimum Gasteiger partial charge on any atom is -0.495 e. The second-order valence-electron chi connectivity index (χ2n) is 2.69. The summed E-state index contributed by atoms with van der Waals surface area (Å²) in [7, 11) is 1.52. The molecule has 4 nitrogen and oxygen atoms in total. The summed E-state index contributed by atoms with van der Waals surface area (Å²) < 4.78 is 4.94. The summed E-state index contributed by atoms with van der Waals surface area (Å²) in [6.07, 6.45) is 1.55. The third kappa shape index (κ3) is 2.43. The van der Waals surface area contributed by atoms with Gasteiger partial charge in [0.1, 0.15) is 5.75 Å². The van der Waals surface area contributed by atoms with Gasteiger partial charge < -0.3 is 9.84 Å². The van der Waals surface area contributed by atoms with Crippen molar-refractivity contribution < 1.29 is 14.6 Å². The Bertz CT molecular complexity index is 323. The number of carboxylic acid groups (broad SMARTS) is 1. The zero-order chi connectivity index (χ0) is 9.84. The molecule has 0 bridgehead atoms. The fourth-order valence-electron chi connectivity index (χ4n) is 1.01. The molecule has 0 spiro atoms. The zero-order valence-electron chi connectivity index (χ0n) is 7.57. The SMILES string of the molecule is COc1cnc(C)c(CC(=O)O)c1. The number of methoxy groups -OCH3 is 1. The first-order valence-corrected chi connectivity index (χ1v) is 3.85. The number of aromatic nitrogens is 1. The predicted octanol–water partition coefficient (Wildman–Crippen LogP) is 1.03. The molecule has 1 aromatic heterocycles. The lowest BCUT2D eigenvalue weighted by atomic mass is 10.1. The van der Waals surface area contributed by atoms with Gasteiger partial charge in [0.15, 0.2) is 0 Å². The van der Waals surface area contributed by atoms with E-state index in [9.17, 15) is 4.79 Å². The summed E-state index contributed by atoms with van der Waals surface area (Å²) in [5, 5.41) is 8.59. The summed E-state index contributed by atoms with van der Waals surface area (Å²) >= 11 is 0. The maximum Gasteiger partial charge on any atom is 0.307 e. The van der Waals surface area contributed by atoms with Crippen LogP contribution in [0, 0.1) is 6.92 Å². The van der Waals surface area contributed by atoms with Crippen molar-refractivity contribution in [3.8, 4) is 5.75 Å². The minimum absolute atomic E-state index is 0.0178. The van der Waals surface area contributed by atoms with Gasteiger partial charge in [-0.3, -0.25) is 9.78 Å². The fraction of sp³-hybridized carbons (Fsp3) is 0.333. The van der Waals surface area contributed by atoms with Crippen LogP contribution in [0.3, 0.4) is 0 Å². The smallest absolute Gasteiger partial charge is 0.307 e. The first-order chi connectivity index (χ1) is 6.13. The van der Waals surface area contributed by atoms with Gasteiger partial charge in [0.25, 0.3) is 0 Å². The van der Waals surface area contributed by atoms with Crippen LogP contribution in [-0.4, -0.2) is 23.2 Å². The van der Waals surface area contributed by atoms with Gasteiger partial charge in [0, 0.05) is 5.69 Å². The molecule has 70 valence electrons. The molecule has 0 fully saturated rings. The lowest BCUT2D eigenvalue weighted by molar-refractivity contribution is -0.136. The van der Waals surface area contributed by atoms with Crippen LogP contribution in [0.15, 0.2) is 12.3 Å². The highest BCUT2D eigenvalue weighted by atomic mass is 16.5. The second kappa shape index (κ2) is 3.89. The van der Waals surface area contributed by atoms with Crippen LogP contribution < -0.4 is 4.74 Å². The summed E-state index contributed by atoms with van der Waals surface area (Å²) in [6.45, 7) is 1.78. The molecule has 0 aliphatic carbocycles. The lowest BCUT2D eigenvalue weighted by Crippen LogP contribution is -2.03. The van der Waals surface area contributed by atoms with Crippen LogP contribution >= 0.6 is 0 Å². The highest BCUT2D eigenvalue weighted by Gasteiger charge is 2.06. The van der Waals surface area contributed by atoms with Gasteiger partial charge in [-0.2, -0.15) is 0 Å². The van der Waals surface area contributed by atoms with Gasteiger partial charge in [-0.1, -0.05) is 0 Å². The Labute approximate surface area is 76.2 Å². The lowest BCUT2D eigenvalue weighted by Gasteiger charge is -2.04. The van der Waals surface area contributed by atoms with Gasteiger partial charge in [-0.25, -0.2) is 0 Å². The zero-order valence-corrected chi connectivity index (χ0v) is 7.57. The normalized spacial score (nSPS) is 9.69. The highest BCUT2D eigenvalue weighted by Crippen LogP contribution is 2.14. The van der Waals surface area contributed by atoms with Crippen molar-refractivity contribution in [2.24, 2.45) is 0 Å². The average molecular weight is 181 g/mol. The number of nitrogens with zero attached hydrogens (tertiary/aromatic N) is 1. The average Bonchev–Trinajstić information content (AvgIpc) is 2.08. The fourth-order valence-corrected chi connectivity index (χ4v) is 1.01. The van der Waals surface area contributed by atoms with E-state index >= 15 is 0 Å². The number of aliphatic carboxylic acids is 1. The Morgan fingerprint density at radius 3 is 2.92 bits per heavy atom. The van der Waals surface area contributed by atoms with Crippen LogP contribution in [0.4, 0.5) is 0 Å². The van der Waals surface area contributed by atoms with Crippen molar-refractivity contribution in [1.82, 2.24) is 4.98 Å². The molecule has 1 heterocycles. The van der Waals surface area contributed by atoms with Gasteiger partial charge in [0.05, 0.1) is 19.7 Å². The Hall–Kier alpha value is -1.58. The molecule has 0 radical (unpaired) electrons. The van der Waals surface area contributed by atoms with Gasteiger partial charge in [-0.05, 0) is 18.6 Å². The Morgan fingerprint density at radius 2 is 2.38 bits per heavy atom. The van der Waals surface area contributed by atoms with Crippen molar-refractivity contribution in [2.45, 2.75) is 13.3 Å². The van der Waals surface area contributed by atoms with E-state index in [1.165, 1.54) is 7.11 Å². The molecule has 1 N–H and O–H groups in total. The molecule has 0 saturated heterocycles.